The van der Waals surface area contributed by atoms with Crippen LogP contribution in [0.4, 0.5) is 5.69 Å². The van der Waals surface area contributed by atoms with Gasteiger partial charge in [-0.15, -0.1) is 4.91 Å². The largest absolute Gasteiger partial charge is 0.493 e. The topological polar surface area (TPSA) is 63.8 Å². The Balaban J connectivity index is 1.90. The van der Waals surface area contributed by atoms with Crippen LogP contribution in [-0.2, 0) is 6.54 Å². The molecule has 3 aromatic rings. The normalized spacial score (nSPS) is 11.0. The number of hydrogen-bond donors (Lipinski definition) is 1. The first-order valence-corrected chi connectivity index (χ1v) is 8.00. The number of aromatic nitrogens is 1. The lowest BCUT2D eigenvalue weighted by Crippen LogP contribution is -2.08. The summed E-state index contributed by atoms with van der Waals surface area (Å²) in [6.07, 6.45) is 0. The maximum atomic E-state index is 11.1. The highest BCUT2D eigenvalue weighted by molar-refractivity contribution is 6.39. The van der Waals surface area contributed by atoms with E-state index in [1.807, 2.05) is 31.2 Å². The zero-order valence-electron chi connectivity index (χ0n) is 12.8. The predicted molar refractivity (Wildman–Crippen MR) is 95.8 cm³/mol. The second-order valence-corrected chi connectivity index (χ2v) is 6.20. The number of ether oxygens (including phenoxy) is 1. The lowest BCUT2D eigenvalue weighted by atomic mass is 10.2. The van der Waals surface area contributed by atoms with Gasteiger partial charge in [-0.2, -0.15) is 0 Å². The molecular weight excluding hydrogens is 351 g/mol. The molecule has 0 aliphatic rings. The summed E-state index contributed by atoms with van der Waals surface area (Å²) in [5.74, 6) is 0.469. The van der Waals surface area contributed by atoms with E-state index < -0.39 is 0 Å². The van der Waals surface area contributed by atoms with Crippen LogP contribution in [0.15, 0.2) is 41.6 Å². The van der Waals surface area contributed by atoms with Crippen LogP contribution in [-0.4, -0.2) is 16.3 Å². The van der Waals surface area contributed by atoms with Gasteiger partial charge in [0, 0.05) is 10.4 Å². The van der Waals surface area contributed by atoms with Crippen LogP contribution in [0.3, 0.4) is 0 Å². The third kappa shape index (κ3) is 3.05. The monoisotopic (exact) mass is 364 g/mol. The number of hydrogen-bond acceptors (Lipinski definition) is 4. The van der Waals surface area contributed by atoms with Gasteiger partial charge in [0.15, 0.2) is 5.69 Å². The summed E-state index contributed by atoms with van der Waals surface area (Å²) in [4.78, 5) is 11.1. The average molecular weight is 365 g/mol. The van der Waals surface area contributed by atoms with Crippen molar-refractivity contribution < 1.29 is 9.84 Å². The average Bonchev–Trinajstić information content (AvgIpc) is 2.81. The molecular formula is C17H14Cl2N2O3. The van der Waals surface area contributed by atoms with Gasteiger partial charge in [-0.3, -0.25) is 0 Å². The van der Waals surface area contributed by atoms with Crippen LogP contribution < -0.4 is 4.74 Å². The zero-order chi connectivity index (χ0) is 17.3. The van der Waals surface area contributed by atoms with Gasteiger partial charge in [0.1, 0.15) is 12.4 Å². The van der Waals surface area contributed by atoms with Crippen LogP contribution in [0.2, 0.25) is 10.0 Å². The Morgan fingerprint density at radius 2 is 1.92 bits per heavy atom. The van der Waals surface area contributed by atoms with Gasteiger partial charge in [-0.1, -0.05) is 40.9 Å². The van der Waals surface area contributed by atoms with Gasteiger partial charge in [0.2, 0.25) is 5.88 Å². The van der Waals surface area contributed by atoms with Crippen LogP contribution in [0.25, 0.3) is 10.9 Å². The molecule has 0 saturated heterocycles. The minimum absolute atomic E-state index is 0.0789. The summed E-state index contributed by atoms with van der Waals surface area (Å²) in [5, 5.41) is 14.3. The van der Waals surface area contributed by atoms with Gasteiger partial charge in [-0.05, 0) is 36.4 Å². The number of nitrogens with zero attached hydrogens (tertiary/aromatic N) is 2. The summed E-state index contributed by atoms with van der Waals surface area (Å²) in [5.41, 5.74) is 1.56. The molecule has 0 bridgehead atoms. The molecule has 0 aliphatic carbocycles. The van der Waals surface area contributed by atoms with Crippen molar-refractivity contribution in [2.75, 3.05) is 6.61 Å². The summed E-state index contributed by atoms with van der Waals surface area (Å²) >= 11 is 12.2. The van der Waals surface area contributed by atoms with Crippen molar-refractivity contribution in [1.29, 1.82) is 0 Å². The number of rotatable bonds is 5. The van der Waals surface area contributed by atoms with E-state index >= 15 is 0 Å². The molecule has 1 N–H and O–H groups in total. The van der Waals surface area contributed by atoms with Crippen LogP contribution in [0.5, 0.6) is 11.6 Å². The standard InChI is InChI=1S/C17H14Cl2N2O3/c1-10-2-4-12(5-3-10)24-7-6-21-16-13(15(20-23)17(21)22)8-11(18)9-14(16)19/h2-5,8-9,22H,6-7H2,1H3. The Bertz CT molecular complexity index is 905. The molecule has 0 unspecified atom stereocenters. The first kappa shape index (κ1) is 16.6. The van der Waals surface area contributed by atoms with E-state index in [-0.39, 0.29) is 18.2 Å². The Morgan fingerprint density at radius 3 is 2.58 bits per heavy atom. The summed E-state index contributed by atoms with van der Waals surface area (Å²) in [6.45, 7) is 2.58. The van der Waals surface area contributed by atoms with Gasteiger partial charge >= 0.3 is 0 Å². The predicted octanol–water partition coefficient (Wildman–Crippen LogP) is 5.44. The molecule has 0 saturated carbocycles. The number of halogens is 2. The molecule has 0 fully saturated rings. The van der Waals surface area contributed by atoms with Crippen molar-refractivity contribution in [1.82, 2.24) is 4.57 Å². The van der Waals surface area contributed by atoms with E-state index in [1.165, 1.54) is 4.57 Å². The van der Waals surface area contributed by atoms with Crippen molar-refractivity contribution in [2.24, 2.45) is 5.18 Å². The number of nitroso groups, excluding NO2 is 1. The molecule has 124 valence electrons. The van der Waals surface area contributed by atoms with E-state index in [4.69, 9.17) is 27.9 Å². The molecule has 1 aromatic heterocycles. The summed E-state index contributed by atoms with van der Waals surface area (Å²) < 4.78 is 7.16. The fourth-order valence-corrected chi connectivity index (χ4v) is 3.17. The third-order valence-corrected chi connectivity index (χ3v) is 4.22. The second kappa shape index (κ2) is 6.71. The van der Waals surface area contributed by atoms with Crippen LogP contribution in [0, 0.1) is 11.8 Å². The second-order valence-electron chi connectivity index (χ2n) is 5.36. The Kier molecular flexibility index (Phi) is 4.64. The fourth-order valence-electron chi connectivity index (χ4n) is 2.57. The van der Waals surface area contributed by atoms with E-state index in [0.29, 0.717) is 27.5 Å². The van der Waals surface area contributed by atoms with Gasteiger partial charge in [0.25, 0.3) is 0 Å². The SMILES string of the molecule is Cc1ccc(OCCn2c(O)c(N=O)c3cc(Cl)cc(Cl)c32)cc1. The fraction of sp³-hybridized carbons (Fsp3) is 0.176. The molecule has 7 heteroatoms. The molecule has 0 atom stereocenters. The quantitative estimate of drug-likeness (QED) is 0.613. The highest BCUT2D eigenvalue weighted by atomic mass is 35.5. The maximum absolute atomic E-state index is 11.1. The van der Waals surface area contributed by atoms with Crippen molar-refractivity contribution >= 4 is 39.8 Å². The smallest absolute Gasteiger partial charge is 0.222 e. The van der Waals surface area contributed by atoms with Crippen molar-refractivity contribution in [3.63, 3.8) is 0 Å². The summed E-state index contributed by atoms with van der Waals surface area (Å²) in [6, 6.07) is 10.7. The van der Waals surface area contributed by atoms with E-state index in [2.05, 4.69) is 5.18 Å². The zero-order valence-corrected chi connectivity index (χ0v) is 14.3. The number of aromatic hydroxyl groups is 1. The van der Waals surface area contributed by atoms with E-state index in [0.717, 1.165) is 11.3 Å². The van der Waals surface area contributed by atoms with Crippen LogP contribution >= 0.6 is 23.2 Å². The molecule has 0 radical (unpaired) electrons. The minimum atomic E-state index is -0.253. The van der Waals surface area contributed by atoms with Crippen molar-refractivity contribution in [2.45, 2.75) is 13.5 Å². The number of aryl methyl sites for hydroxylation is 1. The highest BCUT2D eigenvalue weighted by Crippen LogP contribution is 2.42. The number of fused-ring (bicyclic) bond motifs is 1. The molecule has 2 aromatic carbocycles. The maximum Gasteiger partial charge on any atom is 0.222 e. The Morgan fingerprint density at radius 1 is 1.21 bits per heavy atom. The lowest BCUT2D eigenvalue weighted by molar-refractivity contribution is 0.290. The lowest BCUT2D eigenvalue weighted by Gasteiger charge is -2.10. The van der Waals surface area contributed by atoms with Crippen molar-refractivity contribution in [3.8, 4) is 11.6 Å². The Hall–Kier alpha value is -2.24. The Labute approximate surface area is 148 Å². The molecule has 5 nitrogen and oxygen atoms in total. The van der Waals surface area contributed by atoms with Gasteiger partial charge in [0.05, 0.1) is 17.1 Å². The minimum Gasteiger partial charge on any atom is -0.493 e. The van der Waals surface area contributed by atoms with E-state index in [9.17, 15) is 10.0 Å². The molecule has 0 spiro atoms. The highest BCUT2D eigenvalue weighted by Gasteiger charge is 2.20. The van der Waals surface area contributed by atoms with Crippen LogP contribution in [0.1, 0.15) is 5.56 Å². The molecule has 1 heterocycles. The first-order valence-electron chi connectivity index (χ1n) is 7.24. The van der Waals surface area contributed by atoms with Gasteiger partial charge in [-0.25, -0.2) is 0 Å². The number of benzene rings is 2. The molecule has 24 heavy (non-hydrogen) atoms. The van der Waals surface area contributed by atoms with E-state index in [1.54, 1.807) is 12.1 Å². The van der Waals surface area contributed by atoms with Gasteiger partial charge < -0.3 is 14.4 Å². The molecule has 0 amide bonds. The third-order valence-electron chi connectivity index (χ3n) is 3.72. The molecule has 3 rings (SSSR count). The summed E-state index contributed by atoms with van der Waals surface area (Å²) in [7, 11) is 0. The molecule has 0 aliphatic heterocycles. The first-order chi connectivity index (χ1) is 11.5. The van der Waals surface area contributed by atoms with Crippen molar-refractivity contribution in [3.05, 3.63) is 56.9 Å².